The van der Waals surface area contributed by atoms with Crippen LogP contribution in [0.25, 0.3) is 11.5 Å². The maximum absolute atomic E-state index is 13.0. The molecule has 0 bridgehead atoms. The fourth-order valence-electron chi connectivity index (χ4n) is 3.16. The standard InChI is InChI=1S/C20H19FN4O2/c21-16-6-8-17(9-7-16)22-18(26)14-10-12-25(13-11-14)20-23-19(27-24-20)15-4-2-1-3-5-15/h1-9,14H,10-13H2,(H,22,26). The number of nitrogens with one attached hydrogen (secondary N) is 1. The van der Waals surface area contributed by atoms with Crippen LogP contribution in [0.3, 0.4) is 0 Å². The van der Waals surface area contributed by atoms with Gasteiger partial charge in [0.05, 0.1) is 0 Å². The Morgan fingerprint density at radius 3 is 2.48 bits per heavy atom. The van der Waals surface area contributed by atoms with Gasteiger partial charge in [0.1, 0.15) is 5.82 Å². The Bertz CT molecular complexity index is 903. The van der Waals surface area contributed by atoms with Crippen LogP contribution >= 0.6 is 0 Å². The van der Waals surface area contributed by atoms with Gasteiger partial charge in [-0.3, -0.25) is 4.79 Å². The number of carbonyl (C=O) groups is 1. The second-order valence-electron chi connectivity index (χ2n) is 6.52. The van der Waals surface area contributed by atoms with Crippen molar-refractivity contribution in [3.63, 3.8) is 0 Å². The highest BCUT2D eigenvalue weighted by molar-refractivity contribution is 5.92. The van der Waals surface area contributed by atoms with E-state index in [1.165, 1.54) is 12.1 Å². The molecule has 7 heteroatoms. The van der Waals surface area contributed by atoms with Gasteiger partial charge in [-0.15, -0.1) is 0 Å². The van der Waals surface area contributed by atoms with Gasteiger partial charge in [-0.05, 0) is 54.4 Å². The third-order valence-corrected chi connectivity index (χ3v) is 4.70. The molecule has 0 radical (unpaired) electrons. The quantitative estimate of drug-likeness (QED) is 0.762. The molecular weight excluding hydrogens is 347 g/mol. The van der Waals surface area contributed by atoms with Crippen LogP contribution < -0.4 is 10.2 Å². The monoisotopic (exact) mass is 366 g/mol. The zero-order valence-electron chi connectivity index (χ0n) is 14.6. The van der Waals surface area contributed by atoms with E-state index < -0.39 is 0 Å². The summed E-state index contributed by atoms with van der Waals surface area (Å²) in [6, 6.07) is 15.4. The van der Waals surface area contributed by atoms with Crippen molar-refractivity contribution in [2.45, 2.75) is 12.8 Å². The van der Waals surface area contributed by atoms with Crippen LogP contribution in [-0.4, -0.2) is 29.1 Å². The molecule has 4 rings (SSSR count). The molecule has 2 heterocycles. The van der Waals surface area contributed by atoms with Gasteiger partial charge in [0, 0.05) is 30.3 Å². The number of hydrogen-bond donors (Lipinski definition) is 1. The van der Waals surface area contributed by atoms with Gasteiger partial charge >= 0.3 is 0 Å². The van der Waals surface area contributed by atoms with Gasteiger partial charge in [-0.25, -0.2) is 4.39 Å². The van der Waals surface area contributed by atoms with Crippen LogP contribution in [0.4, 0.5) is 16.0 Å². The molecule has 1 aromatic heterocycles. The second kappa shape index (κ2) is 7.57. The van der Waals surface area contributed by atoms with Crippen LogP contribution in [0.2, 0.25) is 0 Å². The summed E-state index contributed by atoms with van der Waals surface area (Å²) in [6.45, 7) is 1.35. The van der Waals surface area contributed by atoms with Crippen molar-refractivity contribution in [2.75, 3.05) is 23.3 Å². The summed E-state index contributed by atoms with van der Waals surface area (Å²) in [5, 5.41) is 6.91. The van der Waals surface area contributed by atoms with Gasteiger partial charge in [-0.1, -0.05) is 18.2 Å². The van der Waals surface area contributed by atoms with Gasteiger partial charge in [0.25, 0.3) is 11.8 Å². The molecule has 1 N–H and O–H groups in total. The summed E-state index contributed by atoms with van der Waals surface area (Å²) in [5.41, 5.74) is 1.49. The molecule has 1 fully saturated rings. The average Bonchev–Trinajstić information content (AvgIpc) is 3.21. The smallest absolute Gasteiger partial charge is 0.266 e. The Labute approximate surface area is 156 Å². The molecule has 1 aliphatic rings. The van der Waals surface area contributed by atoms with Crippen molar-refractivity contribution in [3.05, 3.63) is 60.4 Å². The topological polar surface area (TPSA) is 71.3 Å². The molecule has 0 atom stereocenters. The number of nitrogens with zero attached hydrogens (tertiary/aromatic N) is 3. The molecule has 1 amide bonds. The highest BCUT2D eigenvalue weighted by Crippen LogP contribution is 2.25. The molecule has 0 saturated carbocycles. The average molecular weight is 366 g/mol. The number of hydrogen-bond acceptors (Lipinski definition) is 5. The van der Waals surface area contributed by atoms with E-state index in [-0.39, 0.29) is 17.6 Å². The minimum absolute atomic E-state index is 0.0423. The van der Waals surface area contributed by atoms with Crippen molar-refractivity contribution < 1.29 is 13.7 Å². The Hall–Kier alpha value is -3.22. The first-order chi connectivity index (χ1) is 13.2. The van der Waals surface area contributed by atoms with Crippen molar-refractivity contribution in [3.8, 4) is 11.5 Å². The summed E-state index contributed by atoms with van der Waals surface area (Å²) in [7, 11) is 0. The van der Waals surface area contributed by atoms with Gasteiger partial charge in [0.2, 0.25) is 5.91 Å². The van der Waals surface area contributed by atoms with E-state index in [0.29, 0.717) is 43.5 Å². The minimum Gasteiger partial charge on any atom is -0.338 e. The zero-order chi connectivity index (χ0) is 18.6. The summed E-state index contributed by atoms with van der Waals surface area (Å²) in [4.78, 5) is 18.9. The summed E-state index contributed by atoms with van der Waals surface area (Å²) in [5.74, 6) is 0.579. The first-order valence-electron chi connectivity index (χ1n) is 8.89. The largest absolute Gasteiger partial charge is 0.338 e. The molecule has 27 heavy (non-hydrogen) atoms. The minimum atomic E-state index is -0.323. The van der Waals surface area contributed by atoms with Crippen LogP contribution in [0.15, 0.2) is 59.1 Å². The predicted octanol–water partition coefficient (Wildman–Crippen LogP) is 3.73. The lowest BCUT2D eigenvalue weighted by molar-refractivity contribution is -0.120. The zero-order valence-corrected chi connectivity index (χ0v) is 14.6. The number of benzene rings is 2. The number of amides is 1. The highest BCUT2D eigenvalue weighted by Gasteiger charge is 2.27. The Morgan fingerprint density at radius 2 is 1.78 bits per heavy atom. The number of piperidine rings is 1. The lowest BCUT2D eigenvalue weighted by Gasteiger charge is -2.30. The number of anilines is 2. The number of aromatic nitrogens is 2. The van der Waals surface area contributed by atoms with E-state index in [4.69, 9.17) is 4.52 Å². The van der Waals surface area contributed by atoms with Crippen LogP contribution in [-0.2, 0) is 4.79 Å². The van der Waals surface area contributed by atoms with E-state index in [0.717, 1.165) is 5.56 Å². The lowest BCUT2D eigenvalue weighted by Crippen LogP contribution is -2.38. The maximum Gasteiger partial charge on any atom is 0.266 e. The first-order valence-corrected chi connectivity index (χ1v) is 8.89. The van der Waals surface area contributed by atoms with Crippen molar-refractivity contribution >= 4 is 17.5 Å². The van der Waals surface area contributed by atoms with Crippen LogP contribution in [0, 0.1) is 11.7 Å². The maximum atomic E-state index is 13.0. The number of carbonyl (C=O) groups excluding carboxylic acids is 1. The summed E-state index contributed by atoms with van der Waals surface area (Å²) >= 11 is 0. The van der Waals surface area contributed by atoms with Gasteiger partial charge < -0.3 is 14.7 Å². The molecule has 1 saturated heterocycles. The Morgan fingerprint density at radius 1 is 1.07 bits per heavy atom. The van der Waals surface area contributed by atoms with E-state index in [1.807, 2.05) is 35.2 Å². The van der Waals surface area contributed by atoms with E-state index in [2.05, 4.69) is 15.5 Å². The lowest BCUT2D eigenvalue weighted by atomic mass is 9.96. The molecule has 1 aliphatic heterocycles. The SMILES string of the molecule is O=C(Nc1ccc(F)cc1)C1CCN(c2noc(-c3ccccc3)n2)CC1. The van der Waals surface area contributed by atoms with Crippen LogP contribution in [0.5, 0.6) is 0 Å². The van der Waals surface area contributed by atoms with Gasteiger partial charge in [-0.2, -0.15) is 4.98 Å². The van der Waals surface area contributed by atoms with Crippen molar-refractivity contribution in [1.82, 2.24) is 10.1 Å². The Balaban J connectivity index is 1.34. The van der Waals surface area contributed by atoms with E-state index in [1.54, 1.807) is 12.1 Å². The summed E-state index contributed by atoms with van der Waals surface area (Å²) in [6.07, 6.45) is 1.39. The summed E-state index contributed by atoms with van der Waals surface area (Å²) < 4.78 is 18.3. The fraction of sp³-hybridized carbons (Fsp3) is 0.250. The Kier molecular flexibility index (Phi) is 4.82. The molecule has 0 spiro atoms. The molecule has 0 unspecified atom stereocenters. The number of halogens is 1. The molecule has 138 valence electrons. The first kappa shape index (κ1) is 17.2. The third kappa shape index (κ3) is 3.97. The normalized spacial score (nSPS) is 14.9. The van der Waals surface area contributed by atoms with E-state index in [9.17, 15) is 9.18 Å². The fourth-order valence-corrected chi connectivity index (χ4v) is 3.16. The second-order valence-corrected chi connectivity index (χ2v) is 6.52. The highest BCUT2D eigenvalue weighted by atomic mass is 19.1. The van der Waals surface area contributed by atoms with Crippen LogP contribution in [0.1, 0.15) is 12.8 Å². The van der Waals surface area contributed by atoms with E-state index >= 15 is 0 Å². The van der Waals surface area contributed by atoms with Gasteiger partial charge in [0.15, 0.2) is 0 Å². The number of rotatable bonds is 4. The molecule has 0 aliphatic carbocycles. The molecule has 6 nitrogen and oxygen atoms in total. The molecule has 3 aromatic rings. The van der Waals surface area contributed by atoms with Crippen molar-refractivity contribution in [1.29, 1.82) is 0 Å². The molecule has 2 aromatic carbocycles. The predicted molar refractivity (Wildman–Crippen MR) is 99.7 cm³/mol. The van der Waals surface area contributed by atoms with Crippen molar-refractivity contribution in [2.24, 2.45) is 5.92 Å². The third-order valence-electron chi connectivity index (χ3n) is 4.70. The molecular formula is C20H19FN4O2.